The average molecular weight is 543 g/mol. The summed E-state index contributed by atoms with van der Waals surface area (Å²) < 4.78 is 18.3. The maximum Gasteiger partial charge on any atom is 0.338 e. The summed E-state index contributed by atoms with van der Waals surface area (Å²) in [5.74, 6) is 0.204. The van der Waals surface area contributed by atoms with Crippen molar-refractivity contribution in [3.05, 3.63) is 115 Å². The summed E-state index contributed by atoms with van der Waals surface area (Å²) in [6.45, 7) is 5.78. The molecule has 8 nitrogen and oxygen atoms in total. The summed E-state index contributed by atoms with van der Waals surface area (Å²) in [4.78, 5) is 43.6. The van der Waals surface area contributed by atoms with E-state index in [1.165, 1.54) is 11.3 Å². The number of furan rings is 1. The van der Waals surface area contributed by atoms with Gasteiger partial charge in [-0.3, -0.25) is 9.36 Å². The lowest BCUT2D eigenvalue weighted by Gasteiger charge is -2.24. The maximum absolute atomic E-state index is 13.7. The van der Waals surface area contributed by atoms with Crippen LogP contribution in [0.5, 0.6) is 0 Å². The fourth-order valence-electron chi connectivity index (χ4n) is 4.44. The Kier molecular flexibility index (Phi) is 7.42. The molecule has 0 saturated carbocycles. The van der Waals surface area contributed by atoms with E-state index in [-0.39, 0.29) is 18.1 Å². The number of hydrogen-bond acceptors (Lipinski definition) is 8. The molecule has 2 aromatic carbocycles. The monoisotopic (exact) mass is 542 g/mol. The van der Waals surface area contributed by atoms with E-state index in [1.807, 2.05) is 30.3 Å². The number of allylic oxidation sites excluding steroid dienone is 1. The number of nitrogens with zero attached hydrogens (tertiary/aromatic N) is 2. The summed E-state index contributed by atoms with van der Waals surface area (Å²) in [6, 6.07) is 19.2. The Morgan fingerprint density at radius 3 is 2.36 bits per heavy atom. The van der Waals surface area contributed by atoms with E-state index in [1.54, 1.807) is 67.8 Å². The van der Waals surface area contributed by atoms with Crippen LogP contribution >= 0.6 is 11.3 Å². The third-order valence-corrected chi connectivity index (χ3v) is 7.20. The smallest absolute Gasteiger partial charge is 0.338 e. The molecule has 4 aromatic rings. The van der Waals surface area contributed by atoms with Crippen molar-refractivity contribution < 1.29 is 23.5 Å². The molecule has 1 aliphatic heterocycles. The van der Waals surface area contributed by atoms with Crippen LogP contribution in [0.3, 0.4) is 0 Å². The molecule has 2 aromatic heterocycles. The van der Waals surface area contributed by atoms with Crippen molar-refractivity contribution in [3.8, 4) is 11.3 Å². The molecular formula is C30H26N2O6S. The van der Waals surface area contributed by atoms with E-state index in [9.17, 15) is 14.4 Å². The third kappa shape index (κ3) is 5.13. The second-order valence-electron chi connectivity index (χ2n) is 8.71. The predicted molar refractivity (Wildman–Crippen MR) is 147 cm³/mol. The number of carbonyl (C=O) groups excluding carboxylic acids is 2. The predicted octanol–water partition coefficient (Wildman–Crippen LogP) is 4.24. The molecule has 0 saturated heterocycles. The first-order valence-electron chi connectivity index (χ1n) is 12.5. The number of benzene rings is 2. The summed E-state index contributed by atoms with van der Waals surface area (Å²) in [7, 11) is 0. The van der Waals surface area contributed by atoms with Gasteiger partial charge < -0.3 is 13.9 Å². The Bertz CT molecular complexity index is 1740. The Labute approximate surface area is 228 Å². The average Bonchev–Trinajstić information content (AvgIpc) is 3.53. The molecule has 0 radical (unpaired) electrons. The highest BCUT2D eigenvalue weighted by molar-refractivity contribution is 7.07. The van der Waals surface area contributed by atoms with Crippen LogP contribution in [0.2, 0.25) is 0 Å². The van der Waals surface area contributed by atoms with Gasteiger partial charge in [-0.05, 0) is 50.6 Å². The number of rotatable bonds is 7. The van der Waals surface area contributed by atoms with Gasteiger partial charge in [0.2, 0.25) is 0 Å². The summed E-state index contributed by atoms with van der Waals surface area (Å²) in [6.07, 6.45) is 1.67. The minimum absolute atomic E-state index is 0.216. The van der Waals surface area contributed by atoms with Gasteiger partial charge in [0, 0.05) is 11.6 Å². The molecule has 39 heavy (non-hydrogen) atoms. The minimum Gasteiger partial charge on any atom is -0.463 e. The van der Waals surface area contributed by atoms with E-state index >= 15 is 0 Å². The van der Waals surface area contributed by atoms with Gasteiger partial charge in [-0.25, -0.2) is 14.6 Å². The van der Waals surface area contributed by atoms with Crippen molar-refractivity contribution in [1.82, 2.24) is 4.57 Å². The Morgan fingerprint density at radius 2 is 1.67 bits per heavy atom. The third-order valence-electron chi connectivity index (χ3n) is 6.21. The van der Waals surface area contributed by atoms with Crippen molar-refractivity contribution in [2.24, 2.45) is 4.99 Å². The van der Waals surface area contributed by atoms with Crippen LogP contribution in [0, 0.1) is 0 Å². The number of hydrogen-bond donors (Lipinski definition) is 0. The zero-order valence-corrected chi connectivity index (χ0v) is 22.5. The van der Waals surface area contributed by atoms with Crippen LogP contribution in [-0.2, 0) is 14.3 Å². The van der Waals surface area contributed by atoms with Gasteiger partial charge in [-0.15, -0.1) is 0 Å². The first-order chi connectivity index (χ1) is 18.9. The van der Waals surface area contributed by atoms with Crippen LogP contribution in [-0.4, -0.2) is 29.7 Å². The number of ether oxygens (including phenoxy) is 2. The molecule has 0 spiro atoms. The van der Waals surface area contributed by atoms with Crippen molar-refractivity contribution >= 4 is 29.4 Å². The second-order valence-corrected chi connectivity index (χ2v) is 9.72. The lowest BCUT2D eigenvalue weighted by molar-refractivity contribution is -0.139. The molecule has 0 aliphatic carbocycles. The van der Waals surface area contributed by atoms with Gasteiger partial charge in [0.25, 0.3) is 5.56 Å². The lowest BCUT2D eigenvalue weighted by Crippen LogP contribution is -2.39. The van der Waals surface area contributed by atoms with Crippen LogP contribution in [0.4, 0.5) is 0 Å². The normalized spacial score (nSPS) is 15.1. The summed E-state index contributed by atoms with van der Waals surface area (Å²) in [5.41, 5.74) is 2.60. The zero-order valence-electron chi connectivity index (χ0n) is 21.7. The second kappa shape index (κ2) is 11.1. The molecule has 0 N–H and O–H groups in total. The molecule has 1 unspecified atom stereocenters. The molecule has 0 amide bonds. The van der Waals surface area contributed by atoms with Gasteiger partial charge in [0.1, 0.15) is 11.5 Å². The largest absolute Gasteiger partial charge is 0.463 e. The number of aromatic nitrogens is 1. The molecule has 1 aliphatic rings. The van der Waals surface area contributed by atoms with Crippen LogP contribution < -0.4 is 14.9 Å². The van der Waals surface area contributed by atoms with E-state index in [0.717, 1.165) is 11.1 Å². The van der Waals surface area contributed by atoms with Gasteiger partial charge in [0.15, 0.2) is 4.80 Å². The number of thiazole rings is 1. The minimum atomic E-state index is -0.659. The highest BCUT2D eigenvalue weighted by Gasteiger charge is 2.33. The first kappa shape index (κ1) is 26.1. The summed E-state index contributed by atoms with van der Waals surface area (Å²) >= 11 is 1.23. The highest BCUT2D eigenvalue weighted by Crippen LogP contribution is 2.30. The van der Waals surface area contributed by atoms with Crippen molar-refractivity contribution in [2.45, 2.75) is 26.8 Å². The molecule has 1 atom stereocenters. The van der Waals surface area contributed by atoms with Gasteiger partial charge in [0.05, 0.1) is 40.6 Å². The molecular weight excluding hydrogens is 516 g/mol. The van der Waals surface area contributed by atoms with Crippen molar-refractivity contribution in [3.63, 3.8) is 0 Å². The van der Waals surface area contributed by atoms with Gasteiger partial charge >= 0.3 is 11.9 Å². The number of esters is 2. The van der Waals surface area contributed by atoms with Crippen LogP contribution in [0.1, 0.15) is 48.5 Å². The van der Waals surface area contributed by atoms with Crippen molar-refractivity contribution in [2.75, 3.05) is 13.2 Å². The lowest BCUT2D eigenvalue weighted by atomic mass is 9.96. The summed E-state index contributed by atoms with van der Waals surface area (Å²) in [5, 5.41) is 0. The molecule has 5 rings (SSSR count). The van der Waals surface area contributed by atoms with Gasteiger partial charge in [-0.1, -0.05) is 53.8 Å². The maximum atomic E-state index is 13.7. The number of fused-ring (bicyclic) bond motifs is 1. The Balaban J connectivity index is 1.53. The SMILES string of the molecule is CCOC(=O)C1=C(C)N=c2sc(=Cc3ccc(-c4ccc(C(=O)OCC)cc4)o3)c(=O)n2C1c1ccccc1. The fourth-order valence-corrected chi connectivity index (χ4v) is 5.47. The zero-order chi connectivity index (χ0) is 27.5. The van der Waals surface area contributed by atoms with Crippen LogP contribution in [0.15, 0.2) is 92.2 Å². The van der Waals surface area contributed by atoms with Gasteiger partial charge in [-0.2, -0.15) is 0 Å². The highest BCUT2D eigenvalue weighted by atomic mass is 32.1. The Morgan fingerprint density at radius 1 is 0.974 bits per heavy atom. The Hall–Kier alpha value is -4.50. The molecule has 0 fully saturated rings. The standard InChI is InChI=1S/C30H26N2O6S/c1-4-36-28(34)21-13-11-19(12-14-21)23-16-15-22(38-23)17-24-27(33)32-26(20-9-7-6-8-10-20)25(29(35)37-5-2)18(3)31-30(32)39-24/h6-17,26H,4-5H2,1-3H3. The molecule has 198 valence electrons. The topological polar surface area (TPSA) is 100 Å². The van der Waals surface area contributed by atoms with E-state index in [4.69, 9.17) is 13.9 Å². The quantitative estimate of drug-likeness (QED) is 0.324. The number of carbonyl (C=O) groups is 2. The van der Waals surface area contributed by atoms with E-state index in [0.29, 0.717) is 44.3 Å². The molecule has 9 heteroatoms. The van der Waals surface area contributed by atoms with Crippen molar-refractivity contribution in [1.29, 1.82) is 0 Å². The molecule has 0 bridgehead atoms. The van der Waals surface area contributed by atoms with E-state index in [2.05, 4.69) is 4.99 Å². The molecule has 3 heterocycles. The first-order valence-corrected chi connectivity index (χ1v) is 13.3. The van der Waals surface area contributed by atoms with Crippen LogP contribution in [0.25, 0.3) is 17.4 Å². The fraction of sp³-hybridized carbons (Fsp3) is 0.200. The van der Waals surface area contributed by atoms with E-state index < -0.39 is 12.0 Å².